The summed E-state index contributed by atoms with van der Waals surface area (Å²) in [6.45, 7) is 0. The number of rotatable bonds is 3. The first kappa shape index (κ1) is 14.0. The van der Waals surface area contributed by atoms with E-state index < -0.39 is 12.0 Å². The zero-order chi connectivity index (χ0) is 15.2. The molecule has 7 heteroatoms. The first-order valence-electron chi connectivity index (χ1n) is 5.86. The Hall–Kier alpha value is -3.40. The molecule has 2 rings (SSSR count). The molecule has 0 radical (unpaired) electrons. The zero-order valence-corrected chi connectivity index (χ0v) is 10.7. The van der Waals surface area contributed by atoms with Gasteiger partial charge in [0.1, 0.15) is 11.4 Å². The molecule has 0 unspecified atom stereocenters. The summed E-state index contributed by atoms with van der Waals surface area (Å²) in [4.78, 5) is 26.6. The van der Waals surface area contributed by atoms with Crippen molar-refractivity contribution in [3.63, 3.8) is 0 Å². The normalized spacial score (nSPS) is 9.48. The third-order valence-electron chi connectivity index (χ3n) is 2.52. The number of nitrogens with one attached hydrogen (secondary N) is 2. The summed E-state index contributed by atoms with van der Waals surface area (Å²) in [5, 5.41) is 22.6. The second-order valence-corrected chi connectivity index (χ2v) is 3.98. The van der Waals surface area contributed by atoms with Crippen LogP contribution in [0.4, 0.5) is 16.3 Å². The zero-order valence-electron chi connectivity index (χ0n) is 10.7. The van der Waals surface area contributed by atoms with Gasteiger partial charge in [-0.1, -0.05) is 6.07 Å². The van der Waals surface area contributed by atoms with Crippen molar-refractivity contribution in [1.82, 2.24) is 4.98 Å². The number of anilines is 2. The first-order valence-corrected chi connectivity index (χ1v) is 5.86. The van der Waals surface area contributed by atoms with Crippen LogP contribution in [0, 0.1) is 11.3 Å². The third kappa shape index (κ3) is 3.54. The molecule has 0 aliphatic heterocycles. The second kappa shape index (κ2) is 6.16. The monoisotopic (exact) mass is 282 g/mol. The standard InChI is InChI=1S/C14H10N4O3/c15-8-9-3-1-4-10(7-9)17-14(21)18-12-11(13(19)20)5-2-6-16-12/h1-7H,(H,19,20)(H2,16,17,18,21). The molecule has 2 aromatic rings. The number of carbonyl (C=O) groups is 2. The number of carboxylic acid groups (broad SMARTS) is 1. The maximum absolute atomic E-state index is 11.8. The molecule has 0 aliphatic rings. The molecule has 0 atom stereocenters. The summed E-state index contributed by atoms with van der Waals surface area (Å²) in [6.07, 6.45) is 1.37. The van der Waals surface area contributed by atoms with E-state index in [-0.39, 0.29) is 11.4 Å². The average molecular weight is 282 g/mol. The molecule has 3 N–H and O–H groups in total. The number of aromatic nitrogens is 1. The Morgan fingerprint density at radius 3 is 2.71 bits per heavy atom. The lowest BCUT2D eigenvalue weighted by molar-refractivity contribution is 0.0697. The number of benzene rings is 1. The summed E-state index contributed by atoms with van der Waals surface area (Å²) >= 11 is 0. The maximum atomic E-state index is 11.8. The van der Waals surface area contributed by atoms with Gasteiger partial charge in [0.25, 0.3) is 0 Å². The predicted molar refractivity (Wildman–Crippen MR) is 75.0 cm³/mol. The number of pyridine rings is 1. The lowest BCUT2D eigenvalue weighted by Gasteiger charge is -2.08. The lowest BCUT2D eigenvalue weighted by Crippen LogP contribution is -2.21. The van der Waals surface area contributed by atoms with Crippen LogP contribution >= 0.6 is 0 Å². The smallest absolute Gasteiger partial charge is 0.339 e. The van der Waals surface area contributed by atoms with Gasteiger partial charge < -0.3 is 10.4 Å². The molecule has 0 bridgehead atoms. The van der Waals surface area contributed by atoms with Gasteiger partial charge in [0.2, 0.25) is 0 Å². The van der Waals surface area contributed by atoms with Gasteiger partial charge >= 0.3 is 12.0 Å². The van der Waals surface area contributed by atoms with E-state index in [4.69, 9.17) is 10.4 Å². The molecule has 104 valence electrons. The minimum absolute atomic E-state index is 0.0565. The highest BCUT2D eigenvalue weighted by Crippen LogP contribution is 2.13. The van der Waals surface area contributed by atoms with Crippen LogP contribution in [0.5, 0.6) is 0 Å². The van der Waals surface area contributed by atoms with Crippen LogP contribution in [0.2, 0.25) is 0 Å². The Morgan fingerprint density at radius 1 is 1.19 bits per heavy atom. The van der Waals surface area contributed by atoms with Crippen molar-refractivity contribution < 1.29 is 14.7 Å². The van der Waals surface area contributed by atoms with Crippen LogP contribution in [0.3, 0.4) is 0 Å². The average Bonchev–Trinajstić information content (AvgIpc) is 2.47. The summed E-state index contributed by atoms with van der Waals surface area (Å²) in [7, 11) is 0. The highest BCUT2D eigenvalue weighted by atomic mass is 16.4. The van der Waals surface area contributed by atoms with Gasteiger partial charge in [-0.05, 0) is 30.3 Å². The number of hydrogen-bond acceptors (Lipinski definition) is 4. The molecule has 7 nitrogen and oxygen atoms in total. The molecule has 1 aromatic carbocycles. The van der Waals surface area contributed by atoms with Crippen LogP contribution in [-0.4, -0.2) is 22.1 Å². The predicted octanol–water partition coefficient (Wildman–Crippen LogP) is 2.30. The molecule has 1 heterocycles. The molecule has 1 aromatic heterocycles. The minimum atomic E-state index is -1.19. The second-order valence-electron chi connectivity index (χ2n) is 3.98. The number of amides is 2. The van der Waals surface area contributed by atoms with Gasteiger partial charge in [0.15, 0.2) is 0 Å². The molecule has 0 aliphatic carbocycles. The van der Waals surface area contributed by atoms with E-state index >= 15 is 0 Å². The van der Waals surface area contributed by atoms with Crippen molar-refractivity contribution in [2.45, 2.75) is 0 Å². The number of carbonyl (C=O) groups excluding carboxylic acids is 1. The van der Waals surface area contributed by atoms with E-state index in [2.05, 4.69) is 15.6 Å². The molecule has 21 heavy (non-hydrogen) atoms. The number of carboxylic acids is 1. The Balaban J connectivity index is 2.12. The first-order chi connectivity index (χ1) is 10.1. The third-order valence-corrected chi connectivity index (χ3v) is 2.52. The molecule has 0 fully saturated rings. The number of nitriles is 1. The summed E-state index contributed by atoms with van der Waals surface area (Å²) in [5.74, 6) is -1.25. The number of aromatic carboxylic acids is 1. The number of nitrogens with zero attached hydrogens (tertiary/aromatic N) is 2. The molecule has 0 saturated heterocycles. The largest absolute Gasteiger partial charge is 0.478 e. The van der Waals surface area contributed by atoms with Crippen molar-refractivity contribution in [3.05, 3.63) is 53.7 Å². The molecule has 2 amide bonds. The van der Waals surface area contributed by atoms with E-state index in [1.807, 2.05) is 6.07 Å². The van der Waals surface area contributed by atoms with Gasteiger partial charge in [-0.3, -0.25) is 5.32 Å². The number of hydrogen-bond donors (Lipinski definition) is 3. The molecule has 0 saturated carbocycles. The van der Waals surface area contributed by atoms with Crippen LogP contribution in [0.1, 0.15) is 15.9 Å². The lowest BCUT2D eigenvalue weighted by atomic mass is 10.2. The van der Waals surface area contributed by atoms with Gasteiger partial charge in [-0.15, -0.1) is 0 Å². The van der Waals surface area contributed by atoms with Crippen molar-refractivity contribution in [3.8, 4) is 6.07 Å². The van der Waals surface area contributed by atoms with Crippen molar-refractivity contribution in [2.24, 2.45) is 0 Å². The van der Waals surface area contributed by atoms with Gasteiger partial charge in [-0.25, -0.2) is 14.6 Å². The Morgan fingerprint density at radius 2 is 2.00 bits per heavy atom. The maximum Gasteiger partial charge on any atom is 0.339 e. The van der Waals surface area contributed by atoms with E-state index in [0.717, 1.165) is 0 Å². The number of urea groups is 1. The van der Waals surface area contributed by atoms with Crippen molar-refractivity contribution in [2.75, 3.05) is 10.6 Å². The quantitative estimate of drug-likeness (QED) is 0.798. The fraction of sp³-hybridized carbons (Fsp3) is 0. The van der Waals surface area contributed by atoms with Crippen LogP contribution < -0.4 is 10.6 Å². The summed E-state index contributed by atoms with van der Waals surface area (Å²) < 4.78 is 0. The fourth-order valence-corrected chi connectivity index (χ4v) is 1.61. The van der Waals surface area contributed by atoms with E-state index in [9.17, 15) is 9.59 Å². The van der Waals surface area contributed by atoms with E-state index in [1.165, 1.54) is 24.4 Å². The molecular formula is C14H10N4O3. The van der Waals surface area contributed by atoms with Crippen LogP contribution in [0.15, 0.2) is 42.6 Å². The van der Waals surface area contributed by atoms with Gasteiger partial charge in [0, 0.05) is 11.9 Å². The fourth-order valence-electron chi connectivity index (χ4n) is 1.61. The Kier molecular flexibility index (Phi) is 4.11. The highest BCUT2D eigenvalue weighted by Gasteiger charge is 2.13. The Labute approximate surface area is 119 Å². The topological polar surface area (TPSA) is 115 Å². The highest BCUT2D eigenvalue weighted by molar-refractivity contribution is 6.03. The molecular weight excluding hydrogens is 272 g/mol. The minimum Gasteiger partial charge on any atom is -0.478 e. The Bertz CT molecular complexity index is 737. The summed E-state index contributed by atoms with van der Waals surface area (Å²) in [6, 6.07) is 10.4. The SMILES string of the molecule is N#Cc1cccc(NC(=O)Nc2ncccc2C(=O)O)c1. The van der Waals surface area contributed by atoms with Crippen molar-refractivity contribution >= 4 is 23.5 Å². The van der Waals surface area contributed by atoms with E-state index in [1.54, 1.807) is 18.2 Å². The van der Waals surface area contributed by atoms with Crippen LogP contribution in [0.25, 0.3) is 0 Å². The summed E-state index contributed by atoms with van der Waals surface area (Å²) in [5.41, 5.74) is 0.703. The van der Waals surface area contributed by atoms with E-state index in [0.29, 0.717) is 11.3 Å². The van der Waals surface area contributed by atoms with Gasteiger partial charge in [0.05, 0.1) is 11.6 Å². The van der Waals surface area contributed by atoms with Crippen molar-refractivity contribution in [1.29, 1.82) is 5.26 Å². The van der Waals surface area contributed by atoms with Crippen LogP contribution in [-0.2, 0) is 0 Å². The molecule has 0 spiro atoms. The van der Waals surface area contributed by atoms with Gasteiger partial charge in [-0.2, -0.15) is 5.26 Å².